The van der Waals surface area contributed by atoms with E-state index in [0.29, 0.717) is 22.4 Å². The molecule has 1 aromatic heterocycles. The lowest BCUT2D eigenvalue weighted by atomic mass is 10.2. The predicted octanol–water partition coefficient (Wildman–Crippen LogP) is 3.55. The van der Waals surface area contributed by atoms with Crippen molar-refractivity contribution in [3.63, 3.8) is 0 Å². The number of nitrogens with one attached hydrogen (secondary N) is 1. The highest BCUT2D eigenvalue weighted by Gasteiger charge is 2.31. The molecule has 0 bridgehead atoms. The summed E-state index contributed by atoms with van der Waals surface area (Å²) in [4.78, 5) is 0. The fourth-order valence-electron chi connectivity index (χ4n) is 1.67. The van der Waals surface area contributed by atoms with E-state index in [1.807, 2.05) is 13.8 Å². The Balaban J connectivity index is 2.29. The molecular formula is C13H14BrF3N4. The van der Waals surface area contributed by atoms with Crippen molar-refractivity contribution in [3.05, 3.63) is 40.1 Å². The third kappa shape index (κ3) is 4.04. The Morgan fingerprint density at radius 1 is 1.33 bits per heavy atom. The maximum Gasteiger partial charge on any atom is 0.416 e. The first-order chi connectivity index (χ1) is 9.77. The van der Waals surface area contributed by atoms with Gasteiger partial charge in [0.1, 0.15) is 0 Å². The number of halogens is 4. The maximum atomic E-state index is 12.8. The summed E-state index contributed by atoms with van der Waals surface area (Å²) in [5.74, 6) is 0. The van der Waals surface area contributed by atoms with Crippen molar-refractivity contribution in [1.29, 1.82) is 0 Å². The van der Waals surface area contributed by atoms with Gasteiger partial charge in [0.05, 0.1) is 23.1 Å². The van der Waals surface area contributed by atoms with E-state index in [-0.39, 0.29) is 6.04 Å². The molecule has 8 heteroatoms. The average Bonchev–Trinajstić information content (AvgIpc) is 2.84. The third-order valence-corrected chi connectivity index (χ3v) is 3.42. The van der Waals surface area contributed by atoms with Gasteiger partial charge in [-0.1, -0.05) is 19.1 Å². The Kier molecular flexibility index (Phi) is 4.67. The van der Waals surface area contributed by atoms with Gasteiger partial charge >= 0.3 is 6.18 Å². The third-order valence-electron chi connectivity index (χ3n) is 2.75. The summed E-state index contributed by atoms with van der Waals surface area (Å²) in [6.07, 6.45) is -2.78. The minimum Gasteiger partial charge on any atom is -0.309 e. The van der Waals surface area contributed by atoms with E-state index in [4.69, 9.17) is 0 Å². The summed E-state index contributed by atoms with van der Waals surface area (Å²) < 4.78 is 40.1. The zero-order valence-corrected chi connectivity index (χ0v) is 13.0. The van der Waals surface area contributed by atoms with E-state index in [1.54, 1.807) is 6.20 Å². The molecule has 0 spiro atoms. The second-order valence-corrected chi connectivity index (χ2v) is 5.71. The molecule has 0 aliphatic heterocycles. The topological polar surface area (TPSA) is 42.7 Å². The molecule has 1 N–H and O–H groups in total. The lowest BCUT2D eigenvalue weighted by molar-refractivity contribution is -0.137. The van der Waals surface area contributed by atoms with Crippen molar-refractivity contribution in [2.24, 2.45) is 0 Å². The standard InChI is InChI=1S/C13H14BrF3N4/c1-8(2)18-6-10-7-21(20-19-10)12-5-9(13(15,16)17)3-4-11(12)14/h3-5,7-8,18H,6H2,1-2H3. The first-order valence-electron chi connectivity index (χ1n) is 6.29. The summed E-state index contributed by atoms with van der Waals surface area (Å²) in [6, 6.07) is 3.70. The summed E-state index contributed by atoms with van der Waals surface area (Å²) in [5, 5.41) is 11.0. The van der Waals surface area contributed by atoms with E-state index in [9.17, 15) is 13.2 Å². The second kappa shape index (κ2) is 6.15. The number of aromatic nitrogens is 3. The molecule has 0 atom stereocenters. The minimum atomic E-state index is -4.39. The molecule has 4 nitrogen and oxygen atoms in total. The highest BCUT2D eigenvalue weighted by atomic mass is 79.9. The molecule has 0 saturated heterocycles. The summed E-state index contributed by atoms with van der Waals surface area (Å²) >= 11 is 3.23. The van der Waals surface area contributed by atoms with E-state index in [2.05, 4.69) is 31.6 Å². The number of hydrogen-bond acceptors (Lipinski definition) is 3. The van der Waals surface area contributed by atoms with Crippen LogP contribution in [0.25, 0.3) is 5.69 Å². The minimum absolute atomic E-state index is 0.287. The molecule has 0 unspecified atom stereocenters. The number of nitrogens with zero attached hydrogens (tertiary/aromatic N) is 3. The van der Waals surface area contributed by atoms with Gasteiger partial charge in [-0.25, -0.2) is 4.68 Å². The highest BCUT2D eigenvalue weighted by Crippen LogP contribution is 2.33. The van der Waals surface area contributed by atoms with Crippen LogP contribution in [0.3, 0.4) is 0 Å². The molecule has 21 heavy (non-hydrogen) atoms. The van der Waals surface area contributed by atoms with E-state index in [0.717, 1.165) is 12.1 Å². The zero-order valence-electron chi connectivity index (χ0n) is 11.4. The van der Waals surface area contributed by atoms with Gasteiger partial charge in [-0.2, -0.15) is 13.2 Å². The molecule has 0 aliphatic carbocycles. The molecule has 0 fully saturated rings. The Hall–Kier alpha value is -1.41. The van der Waals surface area contributed by atoms with Crippen LogP contribution in [0.1, 0.15) is 25.1 Å². The molecule has 2 aromatic rings. The number of hydrogen-bond donors (Lipinski definition) is 1. The summed E-state index contributed by atoms with van der Waals surface area (Å²) in [7, 11) is 0. The zero-order chi connectivity index (χ0) is 15.6. The van der Waals surface area contributed by atoms with Crippen LogP contribution in [0.2, 0.25) is 0 Å². The highest BCUT2D eigenvalue weighted by molar-refractivity contribution is 9.10. The van der Waals surface area contributed by atoms with Crippen molar-refractivity contribution in [1.82, 2.24) is 20.3 Å². The molecule has 0 radical (unpaired) electrons. The van der Waals surface area contributed by atoms with Gasteiger partial charge < -0.3 is 5.32 Å². The molecule has 0 amide bonds. The maximum absolute atomic E-state index is 12.8. The molecule has 2 rings (SSSR count). The molecule has 1 aromatic carbocycles. The Labute approximate surface area is 128 Å². The Morgan fingerprint density at radius 3 is 2.67 bits per heavy atom. The molecular weight excluding hydrogens is 349 g/mol. The number of alkyl halides is 3. The van der Waals surface area contributed by atoms with Crippen LogP contribution in [0.4, 0.5) is 13.2 Å². The molecule has 0 saturated carbocycles. The Bertz CT molecular complexity index is 622. The Morgan fingerprint density at radius 2 is 2.05 bits per heavy atom. The fourth-order valence-corrected chi connectivity index (χ4v) is 2.10. The monoisotopic (exact) mass is 362 g/mol. The van der Waals surface area contributed by atoms with Crippen LogP contribution >= 0.6 is 15.9 Å². The molecule has 114 valence electrons. The van der Waals surface area contributed by atoms with E-state index in [1.165, 1.54) is 10.7 Å². The van der Waals surface area contributed by atoms with Crippen molar-refractivity contribution in [2.75, 3.05) is 0 Å². The SMILES string of the molecule is CC(C)NCc1cn(-c2cc(C(F)(F)F)ccc2Br)nn1. The van der Waals surface area contributed by atoms with Gasteiger partial charge in [-0.15, -0.1) is 5.10 Å². The van der Waals surface area contributed by atoms with Gasteiger partial charge in [0, 0.05) is 17.1 Å². The van der Waals surface area contributed by atoms with Gasteiger partial charge in [0.2, 0.25) is 0 Å². The van der Waals surface area contributed by atoms with E-state index >= 15 is 0 Å². The van der Waals surface area contributed by atoms with Gasteiger partial charge in [0.15, 0.2) is 0 Å². The van der Waals surface area contributed by atoms with Crippen molar-refractivity contribution in [3.8, 4) is 5.69 Å². The van der Waals surface area contributed by atoms with Crippen LogP contribution < -0.4 is 5.32 Å². The average molecular weight is 363 g/mol. The van der Waals surface area contributed by atoms with E-state index < -0.39 is 11.7 Å². The normalized spacial score (nSPS) is 12.1. The largest absolute Gasteiger partial charge is 0.416 e. The second-order valence-electron chi connectivity index (χ2n) is 4.85. The van der Waals surface area contributed by atoms with Gasteiger partial charge in [-0.05, 0) is 34.1 Å². The van der Waals surface area contributed by atoms with Crippen LogP contribution in [0.5, 0.6) is 0 Å². The van der Waals surface area contributed by atoms with Crippen molar-refractivity contribution >= 4 is 15.9 Å². The first-order valence-corrected chi connectivity index (χ1v) is 7.08. The van der Waals surface area contributed by atoms with Crippen LogP contribution in [-0.2, 0) is 12.7 Å². The smallest absolute Gasteiger partial charge is 0.309 e. The van der Waals surface area contributed by atoms with Crippen LogP contribution in [0.15, 0.2) is 28.9 Å². The predicted molar refractivity (Wildman–Crippen MR) is 76.0 cm³/mol. The van der Waals surface area contributed by atoms with Gasteiger partial charge in [-0.3, -0.25) is 0 Å². The lowest BCUT2D eigenvalue weighted by Crippen LogP contribution is -2.21. The van der Waals surface area contributed by atoms with Crippen molar-refractivity contribution < 1.29 is 13.2 Å². The lowest BCUT2D eigenvalue weighted by Gasteiger charge is -2.10. The fraction of sp³-hybridized carbons (Fsp3) is 0.385. The number of rotatable bonds is 4. The molecule has 1 heterocycles. The van der Waals surface area contributed by atoms with Gasteiger partial charge in [0.25, 0.3) is 0 Å². The summed E-state index contributed by atoms with van der Waals surface area (Å²) in [6.45, 7) is 4.50. The van der Waals surface area contributed by atoms with Crippen LogP contribution in [-0.4, -0.2) is 21.0 Å². The van der Waals surface area contributed by atoms with Crippen molar-refractivity contribution in [2.45, 2.75) is 32.6 Å². The van der Waals surface area contributed by atoms with Crippen LogP contribution in [0, 0.1) is 0 Å². The molecule has 0 aliphatic rings. The summed E-state index contributed by atoms with van der Waals surface area (Å²) in [5.41, 5.74) is 0.235. The number of benzene rings is 1. The first kappa shape index (κ1) is 16.0. The quantitative estimate of drug-likeness (QED) is 0.904.